The zero-order valence-electron chi connectivity index (χ0n) is 18.4. The fraction of sp³-hybridized carbons (Fsp3) is 0.350. The molecule has 6 N–H and O–H groups in total. The molecule has 1 heterocycles. The Morgan fingerprint density at radius 1 is 1.03 bits per heavy atom. The molecule has 1 aromatic carbocycles. The Morgan fingerprint density at radius 2 is 1.74 bits per heavy atom. The number of carbonyl (C=O) groups excluding carboxylic acids is 3. The van der Waals surface area contributed by atoms with Crippen LogP contribution in [-0.4, -0.2) is 66.4 Å². The van der Waals surface area contributed by atoms with Crippen LogP contribution in [0.2, 0.25) is 0 Å². The van der Waals surface area contributed by atoms with Crippen LogP contribution in [0.15, 0.2) is 41.7 Å². The lowest BCUT2D eigenvalue weighted by Gasteiger charge is -2.14. The summed E-state index contributed by atoms with van der Waals surface area (Å²) in [5, 5.41) is 16.4. The summed E-state index contributed by atoms with van der Waals surface area (Å²) >= 11 is 0. The van der Waals surface area contributed by atoms with E-state index < -0.39 is 45.7 Å². The molecule has 13 nitrogen and oxygen atoms in total. The molecular weight excluding hydrogens is 487 g/mol. The van der Waals surface area contributed by atoms with E-state index in [2.05, 4.69) is 25.9 Å². The van der Waals surface area contributed by atoms with Gasteiger partial charge in [-0.15, -0.1) is 0 Å². The van der Waals surface area contributed by atoms with Gasteiger partial charge >= 0.3 is 12.0 Å². The number of hydrogen-bond acceptors (Lipinski definition) is 7. The first-order chi connectivity index (χ1) is 16.6. The number of halogens is 1. The maximum Gasteiger partial charge on any atom is 0.328 e. The molecule has 15 heteroatoms. The first-order valence-electron chi connectivity index (χ1n) is 10.4. The van der Waals surface area contributed by atoms with Crippen molar-refractivity contribution in [3.63, 3.8) is 0 Å². The molecule has 0 fully saturated rings. The van der Waals surface area contributed by atoms with E-state index in [0.29, 0.717) is 5.69 Å². The number of aromatic nitrogens is 2. The largest absolute Gasteiger partial charge is 0.480 e. The van der Waals surface area contributed by atoms with Crippen LogP contribution in [0.5, 0.6) is 0 Å². The number of carboxylic acids is 1. The van der Waals surface area contributed by atoms with Crippen molar-refractivity contribution in [3.05, 3.63) is 48.3 Å². The van der Waals surface area contributed by atoms with Crippen molar-refractivity contribution < 1.29 is 37.1 Å². The average Bonchev–Trinajstić information content (AvgIpc) is 3.29. The molecule has 0 bridgehead atoms. The number of sulfonamides is 1. The van der Waals surface area contributed by atoms with Gasteiger partial charge in [0.25, 0.3) is 10.0 Å². The molecule has 2 aromatic rings. The summed E-state index contributed by atoms with van der Waals surface area (Å²) in [5.74, 6) is -2.80. The third kappa shape index (κ3) is 9.79. The van der Waals surface area contributed by atoms with Gasteiger partial charge in [-0.3, -0.25) is 9.59 Å². The number of urea groups is 1. The molecule has 0 spiro atoms. The van der Waals surface area contributed by atoms with Crippen LogP contribution in [0.4, 0.5) is 9.18 Å². The molecule has 0 saturated heterocycles. The monoisotopic (exact) mass is 512 g/mol. The van der Waals surface area contributed by atoms with Crippen LogP contribution < -0.4 is 20.7 Å². The van der Waals surface area contributed by atoms with Gasteiger partial charge in [-0.2, -0.15) is 0 Å². The second-order valence-corrected chi connectivity index (χ2v) is 8.94. The number of carboxylic acid groups (broad SMARTS) is 1. The van der Waals surface area contributed by atoms with Gasteiger partial charge in [0, 0.05) is 44.2 Å². The Hall–Kier alpha value is -4.01. The Morgan fingerprint density at radius 3 is 2.37 bits per heavy atom. The molecular formula is C20H25FN6O7S. The number of benzene rings is 1. The minimum absolute atomic E-state index is 0.00737. The first-order valence-corrected chi connectivity index (χ1v) is 11.9. The van der Waals surface area contributed by atoms with Crippen molar-refractivity contribution >= 4 is 33.8 Å². The Kier molecular flexibility index (Phi) is 10.1. The summed E-state index contributed by atoms with van der Waals surface area (Å²) in [4.78, 5) is 53.1. The van der Waals surface area contributed by atoms with E-state index in [1.54, 1.807) is 4.72 Å². The SMILES string of the molecule is O=C(CCCNC(=O)NS(=O)(=O)c1ccc(F)cc1)NCCC(=O)N[C@@H](Cc1cnc[nH]1)C(=O)O. The smallest absolute Gasteiger partial charge is 0.328 e. The van der Waals surface area contributed by atoms with Gasteiger partial charge in [0.1, 0.15) is 11.9 Å². The summed E-state index contributed by atoms with van der Waals surface area (Å²) in [6.45, 7) is -0.0303. The summed E-state index contributed by atoms with van der Waals surface area (Å²) < 4.78 is 38.7. The van der Waals surface area contributed by atoms with Crippen LogP contribution in [0.25, 0.3) is 0 Å². The number of nitrogens with one attached hydrogen (secondary N) is 5. The third-order valence-electron chi connectivity index (χ3n) is 4.50. The van der Waals surface area contributed by atoms with Crippen LogP contribution >= 0.6 is 0 Å². The standard InChI is InChI=1S/C20H25FN6O7S/c21-13-3-5-15(6-4-13)35(33,34)27-20(32)24-8-1-2-17(28)23-9-7-18(29)26-16(19(30)31)10-14-11-22-12-25-14/h3-6,11-12,16H,1-2,7-10H2,(H,22,25)(H,23,28)(H,26,29)(H,30,31)(H2,24,27,32)/t16-/m0/s1. The Labute approximate surface area is 199 Å². The molecule has 0 aliphatic carbocycles. The normalized spacial score (nSPS) is 11.8. The minimum atomic E-state index is -4.17. The van der Waals surface area contributed by atoms with E-state index in [-0.39, 0.29) is 43.7 Å². The maximum atomic E-state index is 12.9. The number of carbonyl (C=O) groups is 4. The molecule has 1 aromatic heterocycles. The molecule has 1 atom stereocenters. The van der Waals surface area contributed by atoms with Crippen LogP contribution in [0.3, 0.4) is 0 Å². The second-order valence-electron chi connectivity index (χ2n) is 7.26. The van der Waals surface area contributed by atoms with Crippen LogP contribution in [-0.2, 0) is 30.8 Å². The van der Waals surface area contributed by atoms with Crippen molar-refractivity contribution in [1.29, 1.82) is 0 Å². The van der Waals surface area contributed by atoms with E-state index >= 15 is 0 Å². The fourth-order valence-electron chi connectivity index (χ4n) is 2.77. The van der Waals surface area contributed by atoms with Crippen LogP contribution in [0, 0.1) is 5.82 Å². The molecule has 190 valence electrons. The van der Waals surface area contributed by atoms with Crippen molar-refractivity contribution in [3.8, 4) is 0 Å². The number of hydrogen-bond donors (Lipinski definition) is 6. The number of amides is 4. The Bertz CT molecular complexity index is 1120. The molecule has 35 heavy (non-hydrogen) atoms. The summed E-state index contributed by atoms with van der Waals surface area (Å²) in [6.07, 6.45) is 2.91. The zero-order valence-corrected chi connectivity index (χ0v) is 19.2. The van der Waals surface area contributed by atoms with Crippen molar-refractivity contribution in [2.24, 2.45) is 0 Å². The average molecular weight is 513 g/mol. The lowest BCUT2D eigenvalue weighted by atomic mass is 10.1. The highest BCUT2D eigenvalue weighted by atomic mass is 32.2. The van der Waals surface area contributed by atoms with Gasteiger partial charge in [0.15, 0.2) is 0 Å². The van der Waals surface area contributed by atoms with Gasteiger partial charge in [0.05, 0.1) is 11.2 Å². The van der Waals surface area contributed by atoms with E-state index in [9.17, 15) is 37.1 Å². The molecule has 0 radical (unpaired) electrons. The maximum absolute atomic E-state index is 12.9. The van der Waals surface area contributed by atoms with Gasteiger partial charge in [-0.1, -0.05) is 0 Å². The van der Waals surface area contributed by atoms with Crippen molar-refractivity contribution in [1.82, 2.24) is 30.6 Å². The highest BCUT2D eigenvalue weighted by molar-refractivity contribution is 7.90. The second kappa shape index (κ2) is 13.0. The third-order valence-corrected chi connectivity index (χ3v) is 5.85. The number of H-pyrrole nitrogens is 1. The first kappa shape index (κ1) is 27.2. The number of rotatable bonds is 13. The summed E-state index contributed by atoms with van der Waals surface area (Å²) in [7, 11) is -4.17. The molecule has 2 rings (SSSR count). The Balaban J connectivity index is 1.61. The van der Waals surface area contributed by atoms with E-state index in [0.717, 1.165) is 24.3 Å². The predicted molar refractivity (Wildman–Crippen MR) is 119 cm³/mol. The highest BCUT2D eigenvalue weighted by Crippen LogP contribution is 2.09. The number of nitrogens with zero attached hydrogens (tertiary/aromatic N) is 1. The van der Waals surface area contributed by atoms with Gasteiger partial charge < -0.3 is 26.0 Å². The number of imidazole rings is 1. The van der Waals surface area contributed by atoms with Gasteiger partial charge in [-0.25, -0.2) is 32.1 Å². The molecule has 0 aliphatic rings. The van der Waals surface area contributed by atoms with Gasteiger partial charge in [0.2, 0.25) is 11.8 Å². The highest BCUT2D eigenvalue weighted by Gasteiger charge is 2.21. The topological polar surface area (TPSA) is 199 Å². The van der Waals surface area contributed by atoms with Crippen molar-refractivity contribution in [2.75, 3.05) is 13.1 Å². The van der Waals surface area contributed by atoms with E-state index in [4.69, 9.17) is 0 Å². The lowest BCUT2D eigenvalue weighted by Crippen LogP contribution is -2.43. The lowest BCUT2D eigenvalue weighted by molar-refractivity contribution is -0.141. The van der Waals surface area contributed by atoms with E-state index in [1.165, 1.54) is 12.5 Å². The molecule has 0 saturated carbocycles. The number of aliphatic carboxylic acids is 1. The number of aromatic amines is 1. The predicted octanol–water partition coefficient (Wildman–Crippen LogP) is -0.365. The van der Waals surface area contributed by atoms with Crippen LogP contribution in [0.1, 0.15) is 25.0 Å². The van der Waals surface area contributed by atoms with Crippen molar-refractivity contribution in [2.45, 2.75) is 36.6 Å². The quantitative estimate of drug-likeness (QED) is 0.195. The molecule has 0 aliphatic heterocycles. The zero-order chi connectivity index (χ0) is 25.8. The van der Waals surface area contributed by atoms with E-state index in [1.807, 2.05) is 0 Å². The summed E-state index contributed by atoms with van der Waals surface area (Å²) in [5.41, 5.74) is 0.543. The molecule has 4 amide bonds. The minimum Gasteiger partial charge on any atom is -0.480 e. The fourth-order valence-corrected chi connectivity index (χ4v) is 3.70. The van der Waals surface area contributed by atoms with Gasteiger partial charge in [-0.05, 0) is 30.7 Å². The summed E-state index contributed by atoms with van der Waals surface area (Å²) in [6, 6.07) is 1.76. The molecule has 0 unspecified atom stereocenters.